The highest BCUT2D eigenvalue weighted by Crippen LogP contribution is 2.12. The van der Waals surface area contributed by atoms with Gasteiger partial charge in [0.15, 0.2) is 0 Å². The third-order valence-electron chi connectivity index (χ3n) is 2.00. The van der Waals surface area contributed by atoms with Crippen LogP contribution in [-0.4, -0.2) is 34.6 Å². The number of halogens is 1. The van der Waals surface area contributed by atoms with Crippen molar-refractivity contribution >= 4 is 21.7 Å². The number of hydrogen-bond donors (Lipinski definition) is 1. The minimum absolute atomic E-state index is 0.350. The first-order chi connectivity index (χ1) is 6.36. The monoisotopic (exact) mass is 242 g/mol. The van der Waals surface area contributed by atoms with Gasteiger partial charge in [0.05, 0.1) is 11.1 Å². The third kappa shape index (κ3) is 2.16. The summed E-state index contributed by atoms with van der Waals surface area (Å²) in [6, 6.07) is 0. The highest BCUT2D eigenvalue weighted by atomic mass is 79.9. The van der Waals surface area contributed by atoms with Crippen LogP contribution in [0.5, 0.6) is 0 Å². The lowest BCUT2D eigenvalue weighted by Crippen LogP contribution is -2.48. The van der Waals surface area contributed by atoms with E-state index in [9.17, 15) is 0 Å². The van der Waals surface area contributed by atoms with Gasteiger partial charge in [-0.05, 0) is 0 Å². The Kier molecular flexibility index (Phi) is 2.75. The number of anilines is 1. The zero-order chi connectivity index (χ0) is 9.10. The summed E-state index contributed by atoms with van der Waals surface area (Å²) in [6.45, 7) is 2.89. The fourth-order valence-corrected chi connectivity index (χ4v) is 1.95. The van der Waals surface area contributed by atoms with Crippen molar-refractivity contribution in [3.8, 4) is 0 Å². The summed E-state index contributed by atoms with van der Waals surface area (Å²) < 4.78 is 0. The van der Waals surface area contributed by atoms with Gasteiger partial charge in [-0.2, -0.15) is 0 Å². The summed E-state index contributed by atoms with van der Waals surface area (Å²) in [5.41, 5.74) is 0. The molecule has 0 bridgehead atoms. The molecule has 1 aliphatic heterocycles. The van der Waals surface area contributed by atoms with Crippen LogP contribution in [0.3, 0.4) is 0 Å². The summed E-state index contributed by atoms with van der Waals surface area (Å²) in [7, 11) is 0. The molecule has 0 aromatic carbocycles. The van der Waals surface area contributed by atoms with Crippen molar-refractivity contribution in [2.75, 3.05) is 24.5 Å². The number of piperazine rings is 1. The molecule has 1 saturated heterocycles. The molecule has 0 aliphatic carbocycles. The van der Waals surface area contributed by atoms with Crippen LogP contribution in [0.25, 0.3) is 0 Å². The number of aromatic nitrogens is 2. The average molecular weight is 243 g/mol. The van der Waals surface area contributed by atoms with Crippen LogP contribution in [0.15, 0.2) is 18.6 Å². The molecule has 1 aromatic rings. The van der Waals surface area contributed by atoms with Gasteiger partial charge in [-0.3, -0.25) is 4.98 Å². The molecule has 13 heavy (non-hydrogen) atoms. The zero-order valence-electron chi connectivity index (χ0n) is 7.15. The Balaban J connectivity index is 2.08. The second-order valence-electron chi connectivity index (χ2n) is 2.93. The van der Waals surface area contributed by atoms with E-state index in [-0.39, 0.29) is 0 Å². The van der Waals surface area contributed by atoms with E-state index >= 15 is 0 Å². The molecule has 1 aromatic heterocycles. The normalized spacial score (nSPS) is 23.2. The van der Waals surface area contributed by atoms with Crippen LogP contribution in [0.2, 0.25) is 0 Å². The van der Waals surface area contributed by atoms with Crippen LogP contribution < -0.4 is 10.2 Å². The van der Waals surface area contributed by atoms with Gasteiger partial charge in [-0.1, -0.05) is 15.9 Å². The van der Waals surface area contributed by atoms with Crippen LogP contribution in [0.4, 0.5) is 5.82 Å². The summed E-state index contributed by atoms with van der Waals surface area (Å²) >= 11 is 3.52. The van der Waals surface area contributed by atoms with Crippen LogP contribution in [0, 0.1) is 0 Å². The maximum Gasteiger partial charge on any atom is 0.147 e. The van der Waals surface area contributed by atoms with Crippen molar-refractivity contribution < 1.29 is 0 Å². The van der Waals surface area contributed by atoms with E-state index in [1.54, 1.807) is 18.6 Å². The van der Waals surface area contributed by atoms with E-state index in [2.05, 4.69) is 36.1 Å². The highest BCUT2D eigenvalue weighted by Gasteiger charge is 2.17. The molecule has 4 nitrogen and oxygen atoms in total. The third-order valence-corrected chi connectivity index (χ3v) is 2.62. The summed E-state index contributed by atoms with van der Waals surface area (Å²) in [6.07, 6.45) is 5.21. The van der Waals surface area contributed by atoms with Gasteiger partial charge in [-0.15, -0.1) is 0 Å². The molecule has 2 rings (SSSR count). The number of nitrogens with zero attached hydrogens (tertiary/aromatic N) is 3. The van der Waals surface area contributed by atoms with Gasteiger partial charge in [-0.25, -0.2) is 4.98 Å². The first kappa shape index (κ1) is 8.90. The number of alkyl halides is 1. The largest absolute Gasteiger partial charge is 0.352 e. The SMILES string of the molecule is BrC1CN(c2cnccn2)CCN1. The molecule has 0 amide bonds. The van der Waals surface area contributed by atoms with Crippen molar-refractivity contribution in [1.82, 2.24) is 15.3 Å². The van der Waals surface area contributed by atoms with Gasteiger partial charge in [0.1, 0.15) is 5.82 Å². The Morgan fingerprint density at radius 3 is 3.15 bits per heavy atom. The van der Waals surface area contributed by atoms with Crippen LogP contribution in [-0.2, 0) is 0 Å². The lowest BCUT2D eigenvalue weighted by Gasteiger charge is -2.31. The quantitative estimate of drug-likeness (QED) is 0.579. The van der Waals surface area contributed by atoms with E-state index in [1.165, 1.54) is 0 Å². The van der Waals surface area contributed by atoms with Crippen molar-refractivity contribution in [2.24, 2.45) is 0 Å². The number of nitrogens with one attached hydrogen (secondary N) is 1. The van der Waals surface area contributed by atoms with Gasteiger partial charge < -0.3 is 10.2 Å². The van der Waals surface area contributed by atoms with Gasteiger partial charge in [0.2, 0.25) is 0 Å². The highest BCUT2D eigenvalue weighted by molar-refractivity contribution is 9.09. The topological polar surface area (TPSA) is 41.1 Å². The number of rotatable bonds is 1. The van der Waals surface area contributed by atoms with Crippen molar-refractivity contribution in [3.63, 3.8) is 0 Å². The van der Waals surface area contributed by atoms with Crippen molar-refractivity contribution in [3.05, 3.63) is 18.6 Å². The Bertz CT molecular complexity index is 266. The molecular weight excluding hydrogens is 232 g/mol. The molecule has 1 unspecified atom stereocenters. The molecule has 1 atom stereocenters. The second-order valence-corrected chi connectivity index (χ2v) is 4.04. The Morgan fingerprint density at radius 1 is 1.54 bits per heavy atom. The summed E-state index contributed by atoms with van der Waals surface area (Å²) in [5, 5.41) is 3.31. The maximum atomic E-state index is 4.25. The van der Waals surface area contributed by atoms with Gasteiger partial charge >= 0.3 is 0 Å². The Labute approximate surface area is 85.5 Å². The van der Waals surface area contributed by atoms with Crippen LogP contribution in [0.1, 0.15) is 0 Å². The fraction of sp³-hybridized carbons (Fsp3) is 0.500. The van der Waals surface area contributed by atoms with E-state index in [0.29, 0.717) is 4.95 Å². The molecule has 1 N–H and O–H groups in total. The first-order valence-corrected chi connectivity index (χ1v) is 5.16. The van der Waals surface area contributed by atoms with Crippen molar-refractivity contribution in [2.45, 2.75) is 4.95 Å². The lowest BCUT2D eigenvalue weighted by atomic mass is 10.3. The van der Waals surface area contributed by atoms with Crippen molar-refractivity contribution in [1.29, 1.82) is 0 Å². The average Bonchev–Trinajstić information content (AvgIpc) is 2.19. The molecule has 1 fully saturated rings. The molecule has 2 heterocycles. The lowest BCUT2D eigenvalue weighted by molar-refractivity contribution is 0.561. The van der Waals surface area contributed by atoms with E-state index < -0.39 is 0 Å². The van der Waals surface area contributed by atoms with Gasteiger partial charge in [0.25, 0.3) is 0 Å². The molecular formula is C8H11BrN4. The Hall–Kier alpha value is -0.680. The summed E-state index contributed by atoms with van der Waals surface area (Å²) in [5.74, 6) is 0.952. The molecule has 0 saturated carbocycles. The minimum atomic E-state index is 0.350. The molecule has 0 radical (unpaired) electrons. The first-order valence-electron chi connectivity index (χ1n) is 4.24. The predicted molar refractivity (Wildman–Crippen MR) is 55.0 cm³/mol. The fourth-order valence-electron chi connectivity index (χ4n) is 1.37. The van der Waals surface area contributed by atoms with E-state index in [4.69, 9.17) is 0 Å². The van der Waals surface area contributed by atoms with E-state index in [0.717, 1.165) is 25.5 Å². The second kappa shape index (κ2) is 4.02. The number of hydrogen-bond acceptors (Lipinski definition) is 4. The van der Waals surface area contributed by atoms with Gasteiger partial charge in [0, 0.05) is 32.0 Å². The molecule has 70 valence electrons. The minimum Gasteiger partial charge on any atom is -0.352 e. The van der Waals surface area contributed by atoms with Crippen LogP contribution >= 0.6 is 15.9 Å². The zero-order valence-corrected chi connectivity index (χ0v) is 8.74. The Morgan fingerprint density at radius 2 is 2.46 bits per heavy atom. The smallest absolute Gasteiger partial charge is 0.147 e. The molecule has 5 heteroatoms. The van der Waals surface area contributed by atoms with E-state index in [1.807, 2.05) is 0 Å². The molecule has 1 aliphatic rings. The maximum absolute atomic E-state index is 4.25. The summed E-state index contributed by atoms with van der Waals surface area (Å²) in [4.78, 5) is 10.9. The standard InChI is InChI=1S/C8H11BrN4/c9-7-6-13(4-3-11-7)8-5-10-1-2-12-8/h1-2,5,7,11H,3-4,6H2. The molecule has 0 spiro atoms. The predicted octanol–water partition coefficient (Wildman–Crippen LogP) is 0.607.